The number of carbonyl (C=O) groups is 1. The van der Waals surface area contributed by atoms with Crippen LogP contribution in [0.2, 0.25) is 0 Å². The van der Waals surface area contributed by atoms with Gasteiger partial charge in [0.15, 0.2) is 0 Å². The van der Waals surface area contributed by atoms with Crippen molar-refractivity contribution in [2.45, 2.75) is 25.3 Å². The summed E-state index contributed by atoms with van der Waals surface area (Å²) in [5, 5.41) is 1.95. The van der Waals surface area contributed by atoms with E-state index in [0.717, 1.165) is 30.7 Å². The molecule has 1 aromatic carbocycles. The third kappa shape index (κ3) is 4.69. The number of hydrogen-bond acceptors (Lipinski definition) is 3. The van der Waals surface area contributed by atoms with E-state index in [1.165, 1.54) is 16.9 Å². The first-order valence-electron chi connectivity index (χ1n) is 7.26. The maximum atomic E-state index is 12.2. The van der Waals surface area contributed by atoms with Crippen LogP contribution in [0, 0.1) is 0 Å². The molecule has 1 heterocycles. The highest BCUT2D eigenvalue weighted by molar-refractivity contribution is 7.10. The topological polar surface area (TPSA) is 46.3 Å². The molecule has 2 aromatic rings. The van der Waals surface area contributed by atoms with Crippen LogP contribution in [0.15, 0.2) is 47.8 Å². The van der Waals surface area contributed by atoms with E-state index in [0.29, 0.717) is 0 Å². The Kier molecular flexibility index (Phi) is 5.96. The van der Waals surface area contributed by atoms with E-state index in [-0.39, 0.29) is 5.91 Å². The molecule has 0 radical (unpaired) electrons. The Labute approximate surface area is 130 Å². The molecule has 0 fully saturated rings. The van der Waals surface area contributed by atoms with Gasteiger partial charge in [-0.15, -0.1) is 11.3 Å². The second kappa shape index (κ2) is 7.96. The van der Waals surface area contributed by atoms with Crippen molar-refractivity contribution in [3.63, 3.8) is 0 Å². The molecule has 1 atom stereocenters. The minimum absolute atomic E-state index is 0.00263. The number of aryl methyl sites for hydroxylation is 1. The van der Waals surface area contributed by atoms with E-state index in [2.05, 4.69) is 24.3 Å². The van der Waals surface area contributed by atoms with Gasteiger partial charge in [0.1, 0.15) is 6.04 Å². The van der Waals surface area contributed by atoms with Crippen LogP contribution in [0.4, 0.5) is 0 Å². The highest BCUT2D eigenvalue weighted by Gasteiger charge is 2.20. The van der Waals surface area contributed by atoms with Gasteiger partial charge < -0.3 is 10.6 Å². The predicted octanol–water partition coefficient (Wildman–Crippen LogP) is 3.23. The summed E-state index contributed by atoms with van der Waals surface area (Å²) in [6, 6.07) is 13.7. The minimum Gasteiger partial charge on any atom is -0.344 e. The van der Waals surface area contributed by atoms with Gasteiger partial charge >= 0.3 is 0 Å². The first-order valence-corrected chi connectivity index (χ1v) is 8.14. The van der Waals surface area contributed by atoms with Gasteiger partial charge in [0, 0.05) is 18.5 Å². The highest BCUT2D eigenvalue weighted by Crippen LogP contribution is 2.18. The first-order chi connectivity index (χ1) is 10.2. The van der Waals surface area contributed by atoms with Crippen LogP contribution < -0.4 is 5.73 Å². The molecule has 2 N–H and O–H groups in total. The molecule has 112 valence electrons. The van der Waals surface area contributed by atoms with Crippen molar-refractivity contribution in [1.29, 1.82) is 0 Å². The molecule has 0 aliphatic rings. The number of nitrogens with zero attached hydrogens (tertiary/aromatic N) is 1. The van der Waals surface area contributed by atoms with Gasteiger partial charge in [-0.25, -0.2) is 0 Å². The predicted molar refractivity (Wildman–Crippen MR) is 88.3 cm³/mol. The number of nitrogens with two attached hydrogens (primary N) is 1. The maximum Gasteiger partial charge on any atom is 0.244 e. The van der Waals surface area contributed by atoms with Gasteiger partial charge in [-0.05, 0) is 36.3 Å². The molecule has 4 heteroatoms. The zero-order chi connectivity index (χ0) is 15.1. The molecule has 0 aliphatic heterocycles. The Balaban J connectivity index is 1.71. The van der Waals surface area contributed by atoms with Crippen molar-refractivity contribution in [2.75, 3.05) is 13.6 Å². The van der Waals surface area contributed by atoms with E-state index in [9.17, 15) is 4.79 Å². The molecule has 2 rings (SSSR count). The lowest BCUT2D eigenvalue weighted by Crippen LogP contribution is -2.36. The largest absolute Gasteiger partial charge is 0.344 e. The third-order valence-electron chi connectivity index (χ3n) is 3.54. The smallest absolute Gasteiger partial charge is 0.244 e. The summed E-state index contributed by atoms with van der Waals surface area (Å²) in [6.07, 6.45) is 3.13. The lowest BCUT2D eigenvalue weighted by Gasteiger charge is -2.20. The molecule has 1 amide bonds. The average Bonchev–Trinajstić information content (AvgIpc) is 3.05. The van der Waals surface area contributed by atoms with Crippen LogP contribution in [-0.2, 0) is 11.2 Å². The van der Waals surface area contributed by atoms with E-state index in [1.54, 1.807) is 4.90 Å². The number of unbranched alkanes of at least 4 members (excludes halogenated alkanes) is 1. The van der Waals surface area contributed by atoms with Crippen LogP contribution >= 0.6 is 11.3 Å². The van der Waals surface area contributed by atoms with E-state index in [4.69, 9.17) is 5.73 Å². The summed E-state index contributed by atoms with van der Waals surface area (Å²) < 4.78 is 0. The Hall–Kier alpha value is -1.65. The molecule has 0 aliphatic carbocycles. The molecule has 0 spiro atoms. The monoisotopic (exact) mass is 302 g/mol. The number of benzene rings is 1. The molecule has 0 saturated heterocycles. The fourth-order valence-corrected chi connectivity index (χ4v) is 2.98. The van der Waals surface area contributed by atoms with Gasteiger partial charge in [-0.2, -0.15) is 0 Å². The van der Waals surface area contributed by atoms with Gasteiger partial charge in [0.25, 0.3) is 0 Å². The maximum absolute atomic E-state index is 12.2. The Morgan fingerprint density at radius 3 is 2.62 bits per heavy atom. The molecule has 1 unspecified atom stereocenters. The summed E-state index contributed by atoms with van der Waals surface area (Å²) in [5.41, 5.74) is 7.35. The van der Waals surface area contributed by atoms with Crippen molar-refractivity contribution >= 4 is 17.2 Å². The molecule has 1 aromatic heterocycles. The average molecular weight is 302 g/mol. The summed E-state index contributed by atoms with van der Waals surface area (Å²) in [4.78, 5) is 14.9. The zero-order valence-corrected chi connectivity index (χ0v) is 13.2. The lowest BCUT2D eigenvalue weighted by molar-refractivity contribution is -0.131. The Morgan fingerprint density at radius 1 is 1.19 bits per heavy atom. The zero-order valence-electron chi connectivity index (χ0n) is 12.4. The number of amides is 1. The van der Waals surface area contributed by atoms with Crippen molar-refractivity contribution in [1.82, 2.24) is 4.90 Å². The minimum atomic E-state index is -0.524. The van der Waals surface area contributed by atoms with Gasteiger partial charge in [0.2, 0.25) is 5.91 Å². The summed E-state index contributed by atoms with van der Waals surface area (Å²) >= 11 is 1.53. The normalized spacial score (nSPS) is 12.1. The standard InChI is InChI=1S/C17H22N2OS/c1-19(17(20)16(18)15-11-7-13-21-15)12-6-5-10-14-8-3-2-4-9-14/h2-4,7-9,11,13,16H,5-6,10,12,18H2,1H3. The lowest BCUT2D eigenvalue weighted by atomic mass is 10.1. The van der Waals surface area contributed by atoms with E-state index in [1.807, 2.05) is 30.6 Å². The van der Waals surface area contributed by atoms with Crippen LogP contribution in [0.25, 0.3) is 0 Å². The number of likely N-dealkylation sites (N-methyl/N-ethyl adjacent to an activating group) is 1. The Morgan fingerprint density at radius 2 is 1.95 bits per heavy atom. The van der Waals surface area contributed by atoms with Crippen molar-refractivity contribution in [3.8, 4) is 0 Å². The van der Waals surface area contributed by atoms with Crippen molar-refractivity contribution in [2.24, 2.45) is 5.73 Å². The quantitative estimate of drug-likeness (QED) is 0.798. The number of carbonyl (C=O) groups excluding carboxylic acids is 1. The molecule has 3 nitrogen and oxygen atoms in total. The van der Waals surface area contributed by atoms with Gasteiger partial charge in [-0.3, -0.25) is 4.79 Å². The fraction of sp³-hybridized carbons (Fsp3) is 0.353. The Bertz CT molecular complexity index is 539. The summed E-state index contributed by atoms with van der Waals surface area (Å²) in [6.45, 7) is 0.755. The van der Waals surface area contributed by atoms with E-state index < -0.39 is 6.04 Å². The molecular formula is C17H22N2OS. The summed E-state index contributed by atoms with van der Waals surface area (Å²) in [5.74, 6) is -0.00263. The van der Waals surface area contributed by atoms with Crippen LogP contribution in [0.1, 0.15) is 29.3 Å². The molecular weight excluding hydrogens is 280 g/mol. The SMILES string of the molecule is CN(CCCCc1ccccc1)C(=O)C(N)c1cccs1. The number of hydrogen-bond donors (Lipinski definition) is 1. The van der Waals surface area contributed by atoms with Gasteiger partial charge in [-0.1, -0.05) is 36.4 Å². The van der Waals surface area contributed by atoms with Crippen LogP contribution in [0.5, 0.6) is 0 Å². The third-order valence-corrected chi connectivity index (χ3v) is 4.50. The van der Waals surface area contributed by atoms with Crippen molar-refractivity contribution in [3.05, 3.63) is 58.3 Å². The summed E-state index contributed by atoms with van der Waals surface area (Å²) in [7, 11) is 1.83. The highest BCUT2D eigenvalue weighted by atomic mass is 32.1. The first kappa shape index (κ1) is 15.7. The van der Waals surface area contributed by atoms with Crippen molar-refractivity contribution < 1.29 is 4.79 Å². The second-order valence-corrected chi connectivity index (χ2v) is 6.17. The number of thiophene rings is 1. The molecule has 0 saturated carbocycles. The van der Waals surface area contributed by atoms with Gasteiger partial charge in [0.05, 0.1) is 0 Å². The molecule has 21 heavy (non-hydrogen) atoms. The fourth-order valence-electron chi connectivity index (χ4n) is 2.26. The molecule has 0 bridgehead atoms. The number of rotatable bonds is 7. The second-order valence-electron chi connectivity index (χ2n) is 5.20. The van der Waals surface area contributed by atoms with E-state index >= 15 is 0 Å². The van der Waals surface area contributed by atoms with Crippen LogP contribution in [-0.4, -0.2) is 24.4 Å². The van der Waals surface area contributed by atoms with Crippen LogP contribution in [0.3, 0.4) is 0 Å².